The fraction of sp³-hybridized carbons (Fsp3) is 0.500. The van der Waals surface area contributed by atoms with Gasteiger partial charge in [-0.3, -0.25) is 4.79 Å². The largest absolute Gasteiger partial charge is 0.446 e. The lowest BCUT2D eigenvalue weighted by molar-refractivity contribution is -0.156. The minimum absolute atomic E-state index is 2.51. The number of alkyl halides is 3. The van der Waals surface area contributed by atoms with Gasteiger partial charge in [0.1, 0.15) is 1.37 Å². The summed E-state index contributed by atoms with van der Waals surface area (Å²) in [5.74, 6) is 0. The molecule has 0 aliphatic heterocycles. The molecule has 36 valence electrons. The topological polar surface area (TPSA) is 17.1 Å². The zero-order chi connectivity index (χ0) is 6.08. The van der Waals surface area contributed by atoms with Crippen molar-refractivity contribution in [2.24, 2.45) is 0 Å². The normalized spacial score (nSPS) is 13.5. The molecule has 0 bridgehead atoms. The number of rotatable bonds is 0. The highest BCUT2D eigenvalue weighted by atomic mass is 19.4. The molecule has 0 amide bonds. The van der Waals surface area contributed by atoms with Gasteiger partial charge in [0.2, 0.25) is 6.26 Å². The van der Waals surface area contributed by atoms with E-state index in [1.54, 1.807) is 0 Å². The highest BCUT2D eigenvalue weighted by Crippen LogP contribution is 2.08. The first kappa shape index (κ1) is 3.64. The number of aldehydes is 1. The van der Waals surface area contributed by atoms with Gasteiger partial charge in [-0.25, -0.2) is 0 Å². The predicted molar refractivity (Wildman–Crippen MR) is 12.1 cm³/mol. The SMILES string of the molecule is [3H]C(=O)C(F)(F)F. The van der Waals surface area contributed by atoms with Crippen LogP contribution in [0.1, 0.15) is 1.37 Å². The zero-order valence-corrected chi connectivity index (χ0v) is 2.54. The summed E-state index contributed by atoms with van der Waals surface area (Å²) in [7, 11) is 0. The molecule has 0 atom stereocenters. The number of carbonyl (C=O) groups excluding carboxylic acids is 1. The lowest BCUT2D eigenvalue weighted by Crippen LogP contribution is -2.07. The smallest absolute Gasteiger partial charge is 0.293 e. The maximum Gasteiger partial charge on any atom is 0.446 e. The van der Waals surface area contributed by atoms with E-state index >= 15 is 0 Å². The molecular weight excluding hydrogens is 97.0 g/mol. The average molecular weight is 100 g/mol. The fourth-order valence-corrected chi connectivity index (χ4v) is 0. The Balaban J connectivity index is 3.79. The third-order valence-corrected chi connectivity index (χ3v) is 0.116. The summed E-state index contributed by atoms with van der Waals surface area (Å²) in [6.07, 6.45) is -7.48. The molecule has 0 aromatic carbocycles. The van der Waals surface area contributed by atoms with Crippen LogP contribution in [0.3, 0.4) is 0 Å². The van der Waals surface area contributed by atoms with Gasteiger partial charge in [0.25, 0.3) is 0 Å². The van der Waals surface area contributed by atoms with Crippen LogP contribution in [0.4, 0.5) is 13.2 Å². The first-order valence-electron chi connectivity index (χ1n) is 1.52. The Labute approximate surface area is 33.2 Å². The molecule has 0 unspecified atom stereocenters. The van der Waals surface area contributed by atoms with Crippen molar-refractivity contribution in [1.82, 2.24) is 0 Å². The van der Waals surface area contributed by atoms with Crippen LogP contribution < -0.4 is 0 Å². The summed E-state index contributed by atoms with van der Waals surface area (Å²) in [5, 5.41) is 0. The Morgan fingerprint density at radius 1 is 1.67 bits per heavy atom. The van der Waals surface area contributed by atoms with E-state index in [1.165, 1.54) is 0 Å². The van der Waals surface area contributed by atoms with E-state index < -0.39 is 12.4 Å². The maximum atomic E-state index is 10.6. The van der Waals surface area contributed by atoms with Gasteiger partial charge in [-0.05, 0) is 0 Å². The van der Waals surface area contributed by atoms with Crippen LogP contribution in [0.2, 0.25) is 0 Å². The van der Waals surface area contributed by atoms with Gasteiger partial charge in [0.15, 0.2) is 0 Å². The molecule has 6 heavy (non-hydrogen) atoms. The van der Waals surface area contributed by atoms with Crippen molar-refractivity contribution in [2.45, 2.75) is 6.18 Å². The van der Waals surface area contributed by atoms with Crippen LogP contribution in [0.5, 0.6) is 0 Å². The van der Waals surface area contributed by atoms with Gasteiger partial charge in [-0.1, -0.05) is 0 Å². The second-order valence-corrected chi connectivity index (χ2v) is 0.600. The summed E-state index contributed by atoms with van der Waals surface area (Å²) in [5.41, 5.74) is 0. The molecule has 0 fully saturated rings. The molecule has 0 saturated carbocycles. The fourth-order valence-electron chi connectivity index (χ4n) is 0. The van der Waals surface area contributed by atoms with Crippen molar-refractivity contribution in [3.63, 3.8) is 0 Å². The number of hydrogen-bond acceptors (Lipinski definition) is 1. The minimum atomic E-state index is -4.97. The van der Waals surface area contributed by atoms with E-state index in [0.717, 1.165) is 0 Å². The number of carbonyl (C=O) groups is 1. The Morgan fingerprint density at radius 3 is 1.83 bits per heavy atom. The van der Waals surface area contributed by atoms with Crippen LogP contribution in [0, 0.1) is 0 Å². The summed E-state index contributed by atoms with van der Waals surface area (Å²) in [4.78, 5) is 9.01. The van der Waals surface area contributed by atoms with Gasteiger partial charge >= 0.3 is 6.18 Å². The Hall–Kier alpha value is -0.540. The first-order valence-corrected chi connectivity index (χ1v) is 1.02. The molecule has 0 aliphatic carbocycles. The van der Waals surface area contributed by atoms with E-state index in [9.17, 15) is 13.2 Å². The molecular formula is C2HF3O. The van der Waals surface area contributed by atoms with E-state index in [0.29, 0.717) is 0 Å². The predicted octanol–water partition coefficient (Wildman–Crippen LogP) is 0.748. The quantitative estimate of drug-likeness (QED) is 0.410. The molecule has 0 aliphatic rings. The third-order valence-electron chi connectivity index (χ3n) is 0.116. The summed E-state index contributed by atoms with van der Waals surface area (Å²) >= 11 is 0. The third kappa shape index (κ3) is 3.46. The van der Waals surface area contributed by atoms with Crippen molar-refractivity contribution in [2.75, 3.05) is 0 Å². The zero-order valence-electron chi connectivity index (χ0n) is 3.54. The van der Waals surface area contributed by atoms with Crippen molar-refractivity contribution in [1.29, 1.82) is 0 Å². The molecule has 0 spiro atoms. The Kier molecular flexibility index (Phi) is 0.777. The molecule has 0 radical (unpaired) electrons. The molecule has 0 aromatic heterocycles. The minimum Gasteiger partial charge on any atom is -0.293 e. The van der Waals surface area contributed by atoms with Crippen LogP contribution in [0.25, 0.3) is 0 Å². The second-order valence-electron chi connectivity index (χ2n) is 0.600. The van der Waals surface area contributed by atoms with E-state index in [1.807, 2.05) is 0 Å². The summed E-state index contributed by atoms with van der Waals surface area (Å²) < 4.78 is 37.4. The van der Waals surface area contributed by atoms with Crippen molar-refractivity contribution in [3.8, 4) is 0 Å². The van der Waals surface area contributed by atoms with Crippen LogP contribution >= 0.6 is 0 Å². The number of hydrogen-bond donors (Lipinski definition) is 0. The molecule has 0 saturated heterocycles. The second kappa shape index (κ2) is 1.28. The van der Waals surface area contributed by atoms with Gasteiger partial charge in [-0.2, -0.15) is 13.2 Å². The lowest BCUT2D eigenvalue weighted by atomic mass is 10.8. The van der Waals surface area contributed by atoms with Gasteiger partial charge in [0.05, 0.1) is 0 Å². The molecule has 0 N–H and O–H groups in total. The average Bonchev–Trinajstić information content (AvgIpc) is 1.31. The Bertz CT molecular complexity index is 85.4. The molecule has 4 heteroatoms. The van der Waals surface area contributed by atoms with E-state index in [2.05, 4.69) is 0 Å². The monoisotopic (exact) mass is 100 g/mol. The highest BCUT2D eigenvalue weighted by molar-refractivity contribution is 5.56. The summed E-state index contributed by atoms with van der Waals surface area (Å²) in [6.45, 7) is 0. The van der Waals surface area contributed by atoms with Gasteiger partial charge in [-0.15, -0.1) is 0 Å². The molecule has 1 nitrogen and oxygen atoms in total. The lowest BCUT2D eigenvalue weighted by Gasteiger charge is -1.87. The van der Waals surface area contributed by atoms with E-state index in [4.69, 9.17) is 6.17 Å². The van der Waals surface area contributed by atoms with Gasteiger partial charge in [0, 0.05) is 0 Å². The van der Waals surface area contributed by atoms with Crippen LogP contribution in [0.15, 0.2) is 0 Å². The van der Waals surface area contributed by atoms with Crippen molar-refractivity contribution in [3.05, 3.63) is 0 Å². The van der Waals surface area contributed by atoms with Crippen LogP contribution in [-0.4, -0.2) is 12.4 Å². The summed E-state index contributed by atoms with van der Waals surface area (Å²) in [6, 6.07) is 0. The molecule has 0 heterocycles. The van der Waals surface area contributed by atoms with E-state index in [-0.39, 0.29) is 0 Å². The molecule has 0 aromatic rings. The standard InChI is InChI=1S/C2HF3O/c3-2(4,5)1-6/h1H/i1T. The Morgan fingerprint density at radius 2 is 1.83 bits per heavy atom. The maximum absolute atomic E-state index is 10.6. The van der Waals surface area contributed by atoms with Crippen molar-refractivity contribution < 1.29 is 19.3 Å². The van der Waals surface area contributed by atoms with Gasteiger partial charge < -0.3 is 0 Å². The number of halogens is 3. The van der Waals surface area contributed by atoms with Crippen LogP contribution in [-0.2, 0) is 4.79 Å². The molecule has 0 rings (SSSR count). The van der Waals surface area contributed by atoms with Crippen molar-refractivity contribution >= 4 is 6.26 Å². The highest BCUT2D eigenvalue weighted by Gasteiger charge is 2.24. The first-order chi connectivity index (χ1) is 2.94.